The summed E-state index contributed by atoms with van der Waals surface area (Å²) in [5, 5.41) is 19.6. The summed E-state index contributed by atoms with van der Waals surface area (Å²) < 4.78 is 1.59. The van der Waals surface area contributed by atoms with Crippen LogP contribution in [0.3, 0.4) is 0 Å². The number of benzene rings is 1. The molecule has 1 aromatic heterocycles. The number of aromatic carboxylic acids is 1. The average molecular weight is 348 g/mol. The van der Waals surface area contributed by atoms with Gasteiger partial charge in [-0.15, -0.1) is 0 Å². The van der Waals surface area contributed by atoms with E-state index in [9.17, 15) is 14.7 Å². The molecule has 0 saturated heterocycles. The van der Waals surface area contributed by atoms with E-state index in [1.165, 1.54) is 12.4 Å². The van der Waals surface area contributed by atoms with Crippen LogP contribution < -0.4 is 5.43 Å². The number of carboxylic acids is 1. The zero-order chi connectivity index (χ0) is 17.3. The maximum atomic E-state index is 11.7. The van der Waals surface area contributed by atoms with Crippen molar-refractivity contribution in [2.45, 2.75) is 37.6 Å². The summed E-state index contributed by atoms with van der Waals surface area (Å²) in [7, 11) is 0. The van der Waals surface area contributed by atoms with Gasteiger partial charge in [-0.25, -0.2) is 4.79 Å². The Hall–Kier alpha value is -2.27. The smallest absolute Gasteiger partial charge is 0.341 e. The van der Waals surface area contributed by atoms with Crippen LogP contribution in [0.15, 0.2) is 41.5 Å². The SMILES string of the molecule is O=C(O)c1cn(CC2(c3ccccc3Cl)CCCC2)cc(O)c1=O. The maximum Gasteiger partial charge on any atom is 0.341 e. The fraction of sp³-hybridized carbons (Fsp3) is 0.333. The Morgan fingerprint density at radius 2 is 1.88 bits per heavy atom. The molecular formula is C18H18ClNO4. The highest BCUT2D eigenvalue weighted by Gasteiger charge is 2.37. The summed E-state index contributed by atoms with van der Waals surface area (Å²) in [5.74, 6) is -1.90. The molecule has 5 nitrogen and oxygen atoms in total. The zero-order valence-electron chi connectivity index (χ0n) is 13.0. The van der Waals surface area contributed by atoms with Gasteiger partial charge >= 0.3 is 5.97 Å². The largest absolute Gasteiger partial charge is 0.503 e. The molecule has 2 N–H and O–H groups in total. The van der Waals surface area contributed by atoms with Crippen LogP contribution in [0.25, 0.3) is 0 Å². The first-order valence-corrected chi connectivity index (χ1v) is 8.22. The molecule has 0 atom stereocenters. The third-order valence-electron chi connectivity index (χ3n) is 4.78. The third-order valence-corrected chi connectivity index (χ3v) is 5.11. The lowest BCUT2D eigenvalue weighted by Crippen LogP contribution is -2.30. The van der Waals surface area contributed by atoms with Crippen LogP contribution in [0.5, 0.6) is 5.75 Å². The minimum absolute atomic E-state index is 0.227. The minimum Gasteiger partial charge on any atom is -0.503 e. The van der Waals surface area contributed by atoms with Gasteiger partial charge in [0.2, 0.25) is 5.43 Å². The van der Waals surface area contributed by atoms with E-state index in [0.717, 1.165) is 31.2 Å². The highest BCUT2D eigenvalue weighted by molar-refractivity contribution is 6.31. The van der Waals surface area contributed by atoms with E-state index < -0.39 is 22.7 Å². The number of pyridine rings is 1. The Morgan fingerprint density at radius 1 is 1.21 bits per heavy atom. The molecule has 2 aromatic rings. The highest BCUT2D eigenvalue weighted by atomic mass is 35.5. The molecule has 0 spiro atoms. The van der Waals surface area contributed by atoms with Crippen molar-refractivity contribution in [3.63, 3.8) is 0 Å². The lowest BCUT2D eigenvalue weighted by atomic mass is 9.78. The summed E-state index contributed by atoms with van der Waals surface area (Å²) in [6.45, 7) is 0.463. The molecule has 1 aliphatic rings. The van der Waals surface area contributed by atoms with Crippen molar-refractivity contribution in [1.29, 1.82) is 0 Å². The number of rotatable bonds is 4. The number of nitrogens with zero attached hydrogens (tertiary/aromatic N) is 1. The molecule has 0 aliphatic heterocycles. The second kappa shape index (κ2) is 6.32. The molecule has 0 unspecified atom stereocenters. The first-order valence-electron chi connectivity index (χ1n) is 7.84. The Kier molecular flexibility index (Phi) is 4.37. The minimum atomic E-state index is -1.34. The first-order chi connectivity index (χ1) is 11.4. The fourth-order valence-corrected chi connectivity index (χ4v) is 4.00. The van der Waals surface area contributed by atoms with Crippen LogP contribution in [-0.2, 0) is 12.0 Å². The molecule has 1 aromatic carbocycles. The molecule has 126 valence electrons. The summed E-state index contributed by atoms with van der Waals surface area (Å²) >= 11 is 6.40. The number of aromatic nitrogens is 1. The lowest BCUT2D eigenvalue weighted by Gasteiger charge is -2.31. The summed E-state index contributed by atoms with van der Waals surface area (Å²) in [5.41, 5.74) is -0.492. The maximum absolute atomic E-state index is 11.7. The fourth-order valence-electron chi connectivity index (χ4n) is 3.66. The number of hydrogen-bond acceptors (Lipinski definition) is 3. The van der Waals surface area contributed by atoms with Crippen molar-refractivity contribution < 1.29 is 15.0 Å². The van der Waals surface area contributed by atoms with E-state index in [1.54, 1.807) is 4.57 Å². The van der Waals surface area contributed by atoms with Crippen LogP contribution >= 0.6 is 11.6 Å². The van der Waals surface area contributed by atoms with Crippen LogP contribution in [0.2, 0.25) is 5.02 Å². The van der Waals surface area contributed by atoms with Gasteiger partial charge in [-0.2, -0.15) is 0 Å². The molecule has 1 heterocycles. The summed E-state index contributed by atoms with van der Waals surface area (Å²) in [4.78, 5) is 23.0. The van der Waals surface area contributed by atoms with Crippen LogP contribution in [0.1, 0.15) is 41.6 Å². The molecule has 1 aliphatic carbocycles. The van der Waals surface area contributed by atoms with Gasteiger partial charge in [0.05, 0.1) is 0 Å². The third kappa shape index (κ3) is 2.91. The monoisotopic (exact) mass is 347 g/mol. The molecule has 0 radical (unpaired) electrons. The average Bonchev–Trinajstić information content (AvgIpc) is 3.00. The van der Waals surface area contributed by atoms with E-state index in [-0.39, 0.29) is 5.41 Å². The van der Waals surface area contributed by atoms with Crippen LogP contribution in [-0.4, -0.2) is 20.7 Å². The van der Waals surface area contributed by atoms with E-state index >= 15 is 0 Å². The van der Waals surface area contributed by atoms with Gasteiger partial charge < -0.3 is 14.8 Å². The van der Waals surface area contributed by atoms with Crippen molar-refractivity contribution in [3.05, 3.63) is 63.0 Å². The van der Waals surface area contributed by atoms with E-state index in [0.29, 0.717) is 11.6 Å². The van der Waals surface area contributed by atoms with Crippen molar-refractivity contribution >= 4 is 17.6 Å². The predicted octanol–water partition coefficient (Wildman–Crippen LogP) is 3.42. The van der Waals surface area contributed by atoms with Gasteiger partial charge in [-0.1, -0.05) is 42.6 Å². The zero-order valence-corrected chi connectivity index (χ0v) is 13.8. The van der Waals surface area contributed by atoms with Gasteiger partial charge in [-0.05, 0) is 24.5 Å². The molecule has 0 bridgehead atoms. The lowest BCUT2D eigenvalue weighted by molar-refractivity contribution is 0.0693. The molecule has 3 rings (SSSR count). The predicted molar refractivity (Wildman–Crippen MR) is 90.9 cm³/mol. The topological polar surface area (TPSA) is 79.5 Å². The van der Waals surface area contributed by atoms with Crippen molar-refractivity contribution in [1.82, 2.24) is 4.57 Å². The van der Waals surface area contributed by atoms with Gasteiger partial charge in [0.15, 0.2) is 5.75 Å². The molecule has 0 amide bonds. The Morgan fingerprint density at radius 3 is 2.50 bits per heavy atom. The molecular weight excluding hydrogens is 330 g/mol. The number of carboxylic acid groups (broad SMARTS) is 1. The second-order valence-corrected chi connectivity index (χ2v) is 6.74. The van der Waals surface area contributed by atoms with Gasteiger partial charge in [0.25, 0.3) is 0 Å². The Bertz CT molecular complexity index is 837. The van der Waals surface area contributed by atoms with E-state index in [4.69, 9.17) is 16.7 Å². The first kappa shape index (κ1) is 16.6. The molecule has 1 saturated carbocycles. The normalized spacial score (nSPS) is 16.2. The summed E-state index contributed by atoms with van der Waals surface area (Å²) in [6.07, 6.45) is 6.55. The van der Waals surface area contributed by atoms with Gasteiger partial charge in [0, 0.05) is 29.4 Å². The molecule has 24 heavy (non-hydrogen) atoms. The molecule has 6 heteroatoms. The van der Waals surface area contributed by atoms with Crippen molar-refractivity contribution in [2.75, 3.05) is 0 Å². The van der Waals surface area contributed by atoms with Crippen molar-refractivity contribution in [3.8, 4) is 5.75 Å². The van der Waals surface area contributed by atoms with Crippen LogP contribution in [0, 0.1) is 0 Å². The number of halogens is 1. The van der Waals surface area contributed by atoms with Gasteiger partial charge in [-0.3, -0.25) is 4.79 Å². The number of hydrogen-bond donors (Lipinski definition) is 2. The van der Waals surface area contributed by atoms with Gasteiger partial charge in [0.1, 0.15) is 5.56 Å². The number of carbonyl (C=O) groups is 1. The quantitative estimate of drug-likeness (QED) is 0.888. The Balaban J connectivity index is 2.06. The standard InChI is InChI=1S/C18H18ClNO4/c19-14-6-2-1-5-13(14)18(7-3-4-8-18)11-20-9-12(17(23)24)16(22)15(21)10-20/h1-2,5-6,9-10,21H,3-4,7-8,11H2,(H,23,24). The van der Waals surface area contributed by atoms with Crippen molar-refractivity contribution in [2.24, 2.45) is 0 Å². The van der Waals surface area contributed by atoms with Crippen LogP contribution in [0.4, 0.5) is 0 Å². The van der Waals surface area contributed by atoms with E-state index in [2.05, 4.69) is 0 Å². The highest BCUT2D eigenvalue weighted by Crippen LogP contribution is 2.45. The Labute approximate surface area is 144 Å². The summed E-state index contributed by atoms with van der Waals surface area (Å²) in [6, 6.07) is 7.66. The van der Waals surface area contributed by atoms with E-state index in [1.807, 2.05) is 24.3 Å². The number of aromatic hydroxyl groups is 1. The molecule has 1 fully saturated rings. The second-order valence-electron chi connectivity index (χ2n) is 6.33.